The lowest BCUT2D eigenvalue weighted by Gasteiger charge is -2.48. The highest BCUT2D eigenvalue weighted by Gasteiger charge is 2.35. The molecule has 0 aliphatic carbocycles. The predicted molar refractivity (Wildman–Crippen MR) is 58.2 cm³/mol. The van der Waals surface area contributed by atoms with Gasteiger partial charge in [-0.05, 0) is 44.2 Å². The van der Waals surface area contributed by atoms with Crippen molar-refractivity contribution in [3.05, 3.63) is 21.9 Å². The van der Waals surface area contributed by atoms with Crippen molar-refractivity contribution in [1.82, 2.24) is 4.90 Å². The average molecular weight is 195 g/mol. The monoisotopic (exact) mass is 195 g/mol. The number of thiophene rings is 1. The summed E-state index contributed by atoms with van der Waals surface area (Å²) in [6.07, 6.45) is 1.34. The highest BCUT2D eigenvalue weighted by atomic mass is 32.1. The Morgan fingerprint density at radius 2 is 2.31 bits per heavy atom. The fraction of sp³-hybridized carbons (Fsp3) is 0.636. The average Bonchev–Trinajstić information content (AvgIpc) is 2.45. The first-order chi connectivity index (χ1) is 6.09. The van der Waals surface area contributed by atoms with Crippen molar-refractivity contribution >= 4 is 11.3 Å². The van der Waals surface area contributed by atoms with Gasteiger partial charge in [-0.1, -0.05) is 0 Å². The third kappa shape index (κ3) is 1.65. The predicted octanol–water partition coefficient (Wildman–Crippen LogP) is 3.04. The summed E-state index contributed by atoms with van der Waals surface area (Å²) in [4.78, 5) is 4.10. The lowest BCUT2D eigenvalue weighted by Crippen LogP contribution is -2.54. The topological polar surface area (TPSA) is 3.24 Å². The van der Waals surface area contributed by atoms with Crippen LogP contribution in [0.25, 0.3) is 0 Å². The molecule has 1 aliphatic heterocycles. The standard InChI is InChI=1S/C11H17NS/c1-9-4-7-13-10(9)8-12-6-5-11(12,2)3/h4,7H,5-6,8H2,1-3H3. The Hall–Kier alpha value is -0.340. The van der Waals surface area contributed by atoms with Crippen molar-refractivity contribution in [2.45, 2.75) is 39.3 Å². The number of rotatable bonds is 2. The van der Waals surface area contributed by atoms with Gasteiger partial charge in [-0.3, -0.25) is 4.90 Å². The molecule has 72 valence electrons. The van der Waals surface area contributed by atoms with Gasteiger partial charge < -0.3 is 0 Å². The Labute approximate surface area is 84.4 Å². The van der Waals surface area contributed by atoms with E-state index in [0.717, 1.165) is 6.54 Å². The van der Waals surface area contributed by atoms with Crippen LogP contribution in [0.15, 0.2) is 11.4 Å². The smallest absolute Gasteiger partial charge is 0.0335 e. The minimum Gasteiger partial charge on any atom is -0.293 e. The summed E-state index contributed by atoms with van der Waals surface area (Å²) in [6, 6.07) is 2.22. The van der Waals surface area contributed by atoms with Crippen LogP contribution < -0.4 is 0 Å². The van der Waals surface area contributed by atoms with Gasteiger partial charge in [0.1, 0.15) is 0 Å². The van der Waals surface area contributed by atoms with E-state index >= 15 is 0 Å². The SMILES string of the molecule is Cc1ccsc1CN1CCC1(C)C. The third-order valence-electron chi connectivity index (χ3n) is 3.15. The van der Waals surface area contributed by atoms with Crippen LogP contribution in [-0.4, -0.2) is 17.0 Å². The minimum absolute atomic E-state index is 0.441. The summed E-state index contributed by atoms with van der Waals surface area (Å²) < 4.78 is 0. The first-order valence-corrected chi connectivity index (χ1v) is 5.75. The summed E-state index contributed by atoms with van der Waals surface area (Å²) in [6.45, 7) is 9.29. The lowest BCUT2D eigenvalue weighted by atomic mass is 9.89. The highest BCUT2D eigenvalue weighted by Crippen LogP contribution is 2.32. The van der Waals surface area contributed by atoms with Crippen LogP contribution in [-0.2, 0) is 6.54 Å². The van der Waals surface area contributed by atoms with Crippen LogP contribution >= 0.6 is 11.3 Å². The Morgan fingerprint density at radius 1 is 1.54 bits per heavy atom. The van der Waals surface area contributed by atoms with Gasteiger partial charge in [0.05, 0.1) is 0 Å². The van der Waals surface area contributed by atoms with E-state index in [1.54, 1.807) is 0 Å². The molecule has 0 saturated carbocycles. The molecule has 2 heterocycles. The number of aryl methyl sites for hydroxylation is 1. The molecule has 0 atom stereocenters. The zero-order chi connectivity index (χ0) is 9.47. The molecule has 13 heavy (non-hydrogen) atoms. The van der Waals surface area contributed by atoms with Gasteiger partial charge in [0.15, 0.2) is 0 Å². The Kier molecular flexibility index (Phi) is 2.20. The van der Waals surface area contributed by atoms with Gasteiger partial charge in [0.25, 0.3) is 0 Å². The van der Waals surface area contributed by atoms with E-state index < -0.39 is 0 Å². The molecule has 0 unspecified atom stereocenters. The zero-order valence-electron chi connectivity index (χ0n) is 8.63. The molecular formula is C11H17NS. The molecular weight excluding hydrogens is 178 g/mol. The van der Waals surface area contributed by atoms with Gasteiger partial charge in [-0.2, -0.15) is 0 Å². The molecule has 1 nitrogen and oxygen atoms in total. The fourth-order valence-corrected chi connectivity index (χ4v) is 2.67. The Balaban J connectivity index is 2.03. The van der Waals surface area contributed by atoms with Gasteiger partial charge in [-0.15, -0.1) is 11.3 Å². The van der Waals surface area contributed by atoms with Crippen LogP contribution in [0, 0.1) is 6.92 Å². The first kappa shape index (κ1) is 9.22. The number of hydrogen-bond donors (Lipinski definition) is 0. The van der Waals surface area contributed by atoms with Crippen molar-refractivity contribution in [2.24, 2.45) is 0 Å². The van der Waals surface area contributed by atoms with Gasteiger partial charge in [0, 0.05) is 23.5 Å². The zero-order valence-corrected chi connectivity index (χ0v) is 9.45. The van der Waals surface area contributed by atoms with Crippen LogP contribution in [0.3, 0.4) is 0 Å². The van der Waals surface area contributed by atoms with Crippen LogP contribution in [0.4, 0.5) is 0 Å². The molecule has 0 spiro atoms. The van der Waals surface area contributed by atoms with E-state index in [1.165, 1.54) is 23.4 Å². The second-order valence-corrected chi connectivity index (χ2v) is 5.51. The molecule has 1 aromatic rings. The molecule has 0 N–H and O–H groups in total. The van der Waals surface area contributed by atoms with E-state index in [9.17, 15) is 0 Å². The second kappa shape index (κ2) is 3.10. The molecule has 1 fully saturated rings. The molecule has 2 heteroatoms. The van der Waals surface area contributed by atoms with Gasteiger partial charge >= 0.3 is 0 Å². The maximum atomic E-state index is 2.56. The molecule has 2 rings (SSSR count). The van der Waals surface area contributed by atoms with Crippen molar-refractivity contribution in [3.8, 4) is 0 Å². The van der Waals surface area contributed by atoms with Crippen LogP contribution in [0.1, 0.15) is 30.7 Å². The largest absolute Gasteiger partial charge is 0.293 e. The molecule has 0 amide bonds. The fourth-order valence-electron chi connectivity index (χ4n) is 1.75. The quantitative estimate of drug-likeness (QED) is 0.701. The lowest BCUT2D eigenvalue weighted by molar-refractivity contribution is 0.00874. The Morgan fingerprint density at radius 3 is 2.69 bits per heavy atom. The summed E-state index contributed by atoms with van der Waals surface area (Å²) >= 11 is 1.89. The van der Waals surface area contributed by atoms with E-state index in [4.69, 9.17) is 0 Å². The Bertz CT molecular complexity index is 301. The van der Waals surface area contributed by atoms with E-state index in [0.29, 0.717) is 5.54 Å². The van der Waals surface area contributed by atoms with Crippen molar-refractivity contribution in [2.75, 3.05) is 6.54 Å². The summed E-state index contributed by atoms with van der Waals surface area (Å²) in [5.41, 5.74) is 1.89. The summed E-state index contributed by atoms with van der Waals surface area (Å²) in [5.74, 6) is 0. The highest BCUT2D eigenvalue weighted by molar-refractivity contribution is 7.10. The van der Waals surface area contributed by atoms with E-state index in [-0.39, 0.29) is 0 Å². The van der Waals surface area contributed by atoms with Gasteiger partial charge in [0.2, 0.25) is 0 Å². The number of likely N-dealkylation sites (tertiary alicyclic amines) is 1. The number of hydrogen-bond acceptors (Lipinski definition) is 2. The van der Waals surface area contributed by atoms with Gasteiger partial charge in [-0.25, -0.2) is 0 Å². The maximum absolute atomic E-state index is 2.56. The molecule has 0 aromatic carbocycles. The van der Waals surface area contributed by atoms with Crippen molar-refractivity contribution in [3.63, 3.8) is 0 Å². The van der Waals surface area contributed by atoms with Crippen molar-refractivity contribution in [1.29, 1.82) is 0 Å². The normalized spacial score (nSPS) is 21.5. The first-order valence-electron chi connectivity index (χ1n) is 4.88. The van der Waals surface area contributed by atoms with Crippen molar-refractivity contribution < 1.29 is 0 Å². The second-order valence-electron chi connectivity index (χ2n) is 4.51. The summed E-state index contributed by atoms with van der Waals surface area (Å²) in [7, 11) is 0. The molecule has 1 saturated heterocycles. The van der Waals surface area contributed by atoms with E-state index in [1.807, 2.05) is 11.3 Å². The van der Waals surface area contributed by atoms with Crippen LogP contribution in [0.5, 0.6) is 0 Å². The molecule has 0 radical (unpaired) electrons. The minimum atomic E-state index is 0.441. The molecule has 0 bridgehead atoms. The third-order valence-corrected chi connectivity index (χ3v) is 4.16. The van der Waals surface area contributed by atoms with E-state index in [2.05, 4.69) is 37.1 Å². The van der Waals surface area contributed by atoms with Crippen LogP contribution in [0.2, 0.25) is 0 Å². The maximum Gasteiger partial charge on any atom is 0.0335 e. The summed E-state index contributed by atoms with van der Waals surface area (Å²) in [5, 5.41) is 2.19. The number of nitrogens with zero attached hydrogens (tertiary/aromatic N) is 1. The molecule has 1 aromatic heterocycles. The molecule has 1 aliphatic rings.